The highest BCUT2D eigenvalue weighted by Gasteiger charge is 2.20. The van der Waals surface area contributed by atoms with E-state index >= 15 is 0 Å². The Bertz CT molecular complexity index is 654. The first-order chi connectivity index (χ1) is 11.2. The molecule has 1 aromatic heterocycles. The Labute approximate surface area is 146 Å². The van der Waals surface area contributed by atoms with Gasteiger partial charge in [-0.2, -0.15) is 4.98 Å². The van der Waals surface area contributed by atoms with Crippen LogP contribution >= 0.6 is 12.4 Å². The number of aromatic nitrogens is 2. The first-order valence-corrected chi connectivity index (χ1v) is 7.77. The Morgan fingerprint density at radius 1 is 1.38 bits per heavy atom. The van der Waals surface area contributed by atoms with Crippen molar-refractivity contribution in [3.8, 4) is 5.75 Å². The van der Waals surface area contributed by atoms with Gasteiger partial charge in [0.05, 0.1) is 6.04 Å². The molecule has 0 spiro atoms. The number of ether oxygens (including phenoxy) is 1. The Morgan fingerprint density at radius 3 is 2.79 bits per heavy atom. The Balaban J connectivity index is 0.00000208. The molecule has 0 aliphatic carbocycles. The molecule has 2 N–H and O–H groups in total. The van der Waals surface area contributed by atoms with E-state index in [0.717, 1.165) is 31.5 Å². The lowest BCUT2D eigenvalue weighted by Crippen LogP contribution is -2.43. The number of benzene rings is 1. The second-order valence-electron chi connectivity index (χ2n) is 5.53. The van der Waals surface area contributed by atoms with Gasteiger partial charge in [-0.05, 0) is 43.7 Å². The Kier molecular flexibility index (Phi) is 6.57. The van der Waals surface area contributed by atoms with Crippen LogP contribution in [0.4, 0.5) is 5.69 Å². The third-order valence-corrected chi connectivity index (χ3v) is 3.69. The molecular weight excluding hydrogens is 332 g/mol. The van der Waals surface area contributed by atoms with Crippen molar-refractivity contribution in [3.05, 3.63) is 36.0 Å². The molecule has 3 rings (SSSR count). The van der Waals surface area contributed by atoms with E-state index < -0.39 is 0 Å². The van der Waals surface area contributed by atoms with Crippen LogP contribution in [0, 0.1) is 6.92 Å². The summed E-state index contributed by atoms with van der Waals surface area (Å²) in [5.74, 6) is 1.71. The first-order valence-electron chi connectivity index (χ1n) is 7.77. The standard InChI is InChI=1S/C16H20N4O3.ClH/c1-11-18-15(20-23-11)10-22-13-7-5-12(6-8-13)19-16(21)14-4-2-3-9-17-14;/h5-8,14,17H,2-4,9-10H2,1H3,(H,19,21);1H. The number of amides is 1. The van der Waals surface area contributed by atoms with Gasteiger partial charge in [-0.15, -0.1) is 12.4 Å². The summed E-state index contributed by atoms with van der Waals surface area (Å²) in [4.78, 5) is 16.2. The van der Waals surface area contributed by atoms with Crippen LogP contribution in [-0.2, 0) is 11.4 Å². The molecule has 24 heavy (non-hydrogen) atoms. The summed E-state index contributed by atoms with van der Waals surface area (Å²) in [7, 11) is 0. The van der Waals surface area contributed by atoms with Gasteiger partial charge in [-0.1, -0.05) is 11.6 Å². The molecule has 1 aliphatic rings. The number of nitrogens with one attached hydrogen (secondary N) is 2. The zero-order chi connectivity index (χ0) is 16.1. The van der Waals surface area contributed by atoms with Crippen molar-refractivity contribution in [3.63, 3.8) is 0 Å². The van der Waals surface area contributed by atoms with Gasteiger partial charge in [-0.3, -0.25) is 4.79 Å². The van der Waals surface area contributed by atoms with Gasteiger partial charge in [0.15, 0.2) is 6.61 Å². The Hall–Kier alpha value is -2.12. The van der Waals surface area contributed by atoms with E-state index in [1.54, 1.807) is 19.1 Å². The van der Waals surface area contributed by atoms with Gasteiger partial charge in [0.2, 0.25) is 17.6 Å². The maximum Gasteiger partial charge on any atom is 0.241 e. The maximum absolute atomic E-state index is 12.1. The van der Waals surface area contributed by atoms with Crippen molar-refractivity contribution in [1.29, 1.82) is 0 Å². The first kappa shape index (κ1) is 18.2. The van der Waals surface area contributed by atoms with E-state index in [2.05, 4.69) is 20.8 Å². The molecule has 8 heteroatoms. The zero-order valence-electron chi connectivity index (χ0n) is 13.4. The van der Waals surface area contributed by atoms with Crippen molar-refractivity contribution in [1.82, 2.24) is 15.5 Å². The highest BCUT2D eigenvalue weighted by Crippen LogP contribution is 2.17. The van der Waals surface area contributed by atoms with Crippen LogP contribution in [0.1, 0.15) is 31.0 Å². The maximum atomic E-state index is 12.1. The second kappa shape index (κ2) is 8.65. The molecule has 1 aliphatic heterocycles. The summed E-state index contributed by atoms with van der Waals surface area (Å²) in [5, 5.41) is 9.92. The molecule has 1 saturated heterocycles. The van der Waals surface area contributed by atoms with Crippen LogP contribution < -0.4 is 15.4 Å². The van der Waals surface area contributed by atoms with Crippen LogP contribution in [-0.4, -0.2) is 28.6 Å². The fourth-order valence-electron chi connectivity index (χ4n) is 2.49. The lowest BCUT2D eigenvalue weighted by Gasteiger charge is -2.22. The quantitative estimate of drug-likeness (QED) is 0.859. The average molecular weight is 353 g/mol. The minimum atomic E-state index is -0.0962. The van der Waals surface area contributed by atoms with Crippen molar-refractivity contribution < 1.29 is 14.1 Å². The highest BCUT2D eigenvalue weighted by molar-refractivity contribution is 5.94. The monoisotopic (exact) mass is 352 g/mol. The number of piperidine rings is 1. The minimum Gasteiger partial charge on any atom is -0.485 e. The number of carbonyl (C=O) groups is 1. The van der Waals surface area contributed by atoms with Crippen LogP contribution in [0.15, 0.2) is 28.8 Å². The van der Waals surface area contributed by atoms with Crippen molar-refractivity contribution in [2.75, 3.05) is 11.9 Å². The summed E-state index contributed by atoms with van der Waals surface area (Å²) < 4.78 is 10.5. The minimum absolute atomic E-state index is 0. The molecule has 7 nitrogen and oxygen atoms in total. The summed E-state index contributed by atoms with van der Waals surface area (Å²) >= 11 is 0. The average Bonchev–Trinajstić information content (AvgIpc) is 3.00. The number of hydrogen-bond acceptors (Lipinski definition) is 6. The van der Waals surface area contributed by atoms with Gasteiger partial charge in [0.1, 0.15) is 5.75 Å². The molecule has 0 saturated carbocycles. The summed E-state index contributed by atoms with van der Waals surface area (Å²) in [6.45, 7) is 2.88. The molecule has 1 unspecified atom stereocenters. The van der Waals surface area contributed by atoms with Gasteiger partial charge in [0.25, 0.3) is 0 Å². The van der Waals surface area contributed by atoms with E-state index in [-0.39, 0.29) is 31.0 Å². The number of aryl methyl sites for hydroxylation is 1. The van der Waals surface area contributed by atoms with Gasteiger partial charge < -0.3 is 19.9 Å². The number of halogens is 1. The molecule has 1 aromatic carbocycles. The lowest BCUT2D eigenvalue weighted by atomic mass is 10.0. The van der Waals surface area contributed by atoms with E-state index in [1.807, 2.05) is 12.1 Å². The molecule has 2 aromatic rings. The van der Waals surface area contributed by atoms with Gasteiger partial charge >= 0.3 is 0 Å². The third kappa shape index (κ3) is 4.94. The molecule has 0 bridgehead atoms. The van der Waals surface area contributed by atoms with Gasteiger partial charge in [0, 0.05) is 12.6 Å². The van der Waals surface area contributed by atoms with Crippen molar-refractivity contribution in [2.45, 2.75) is 38.8 Å². The fraction of sp³-hybridized carbons (Fsp3) is 0.438. The predicted octanol–water partition coefficient (Wildman–Crippen LogP) is 2.46. The number of hydrogen-bond donors (Lipinski definition) is 2. The molecule has 1 fully saturated rings. The number of anilines is 1. The normalized spacial score (nSPS) is 17.0. The molecule has 130 valence electrons. The zero-order valence-corrected chi connectivity index (χ0v) is 14.3. The summed E-state index contributed by atoms with van der Waals surface area (Å²) in [5.41, 5.74) is 0.755. The molecule has 0 radical (unpaired) electrons. The highest BCUT2D eigenvalue weighted by atomic mass is 35.5. The van der Waals surface area contributed by atoms with Crippen molar-refractivity contribution in [2.24, 2.45) is 0 Å². The third-order valence-electron chi connectivity index (χ3n) is 3.69. The van der Waals surface area contributed by atoms with E-state index in [4.69, 9.17) is 9.26 Å². The topological polar surface area (TPSA) is 89.3 Å². The van der Waals surface area contributed by atoms with Crippen LogP contribution in [0.2, 0.25) is 0 Å². The Morgan fingerprint density at radius 2 is 2.17 bits per heavy atom. The largest absolute Gasteiger partial charge is 0.485 e. The van der Waals surface area contributed by atoms with E-state index in [1.165, 1.54) is 0 Å². The number of carbonyl (C=O) groups excluding carboxylic acids is 1. The molecule has 2 heterocycles. The summed E-state index contributed by atoms with van der Waals surface area (Å²) in [6, 6.07) is 7.14. The van der Waals surface area contributed by atoms with Crippen LogP contribution in [0.3, 0.4) is 0 Å². The molecule has 1 atom stereocenters. The van der Waals surface area contributed by atoms with Crippen LogP contribution in [0.25, 0.3) is 0 Å². The van der Waals surface area contributed by atoms with Gasteiger partial charge in [-0.25, -0.2) is 0 Å². The second-order valence-corrected chi connectivity index (χ2v) is 5.53. The van der Waals surface area contributed by atoms with Crippen LogP contribution in [0.5, 0.6) is 5.75 Å². The lowest BCUT2D eigenvalue weighted by molar-refractivity contribution is -0.118. The predicted molar refractivity (Wildman–Crippen MR) is 91.3 cm³/mol. The smallest absolute Gasteiger partial charge is 0.241 e. The molecule has 1 amide bonds. The number of nitrogens with zero attached hydrogens (tertiary/aromatic N) is 2. The fourth-order valence-corrected chi connectivity index (χ4v) is 2.49. The summed E-state index contributed by atoms with van der Waals surface area (Å²) in [6.07, 6.45) is 3.11. The SMILES string of the molecule is Cc1nc(COc2ccc(NC(=O)C3CCCCN3)cc2)no1.Cl. The number of rotatable bonds is 5. The van der Waals surface area contributed by atoms with Crippen molar-refractivity contribution >= 4 is 24.0 Å². The van der Waals surface area contributed by atoms with E-state index in [0.29, 0.717) is 17.5 Å². The van der Waals surface area contributed by atoms with E-state index in [9.17, 15) is 4.79 Å². The molecular formula is C16H21ClN4O3.